The van der Waals surface area contributed by atoms with E-state index in [4.69, 9.17) is 16.1 Å². The fourth-order valence-corrected chi connectivity index (χ4v) is 0.755. The number of nitrogens with two attached hydrogens (primary N) is 1. The predicted molar refractivity (Wildman–Crippen MR) is 43.7 cm³/mol. The van der Waals surface area contributed by atoms with Gasteiger partial charge in [-0.25, -0.2) is 0 Å². The van der Waals surface area contributed by atoms with Crippen molar-refractivity contribution in [3.8, 4) is 6.07 Å². The molecule has 0 spiro atoms. The highest BCUT2D eigenvalue weighted by atomic mass is 16.2. The van der Waals surface area contributed by atoms with Crippen LogP contribution in [0.4, 0.5) is 0 Å². The van der Waals surface area contributed by atoms with Crippen LogP contribution in [0, 0.1) is 16.7 Å². The molecule has 0 aromatic carbocycles. The largest absolute Gasteiger partial charge is 0.396 e. The van der Waals surface area contributed by atoms with Crippen LogP contribution in [-0.2, 0) is 0 Å². The van der Waals surface area contributed by atoms with E-state index < -0.39 is 5.41 Å². The lowest BCUT2D eigenvalue weighted by molar-refractivity contribution is 0.262. The zero-order valence-corrected chi connectivity index (χ0v) is 7.17. The highest BCUT2D eigenvalue weighted by Gasteiger charge is 2.25. The summed E-state index contributed by atoms with van der Waals surface area (Å²) >= 11 is 0. The fourth-order valence-electron chi connectivity index (χ4n) is 0.755. The summed E-state index contributed by atoms with van der Waals surface area (Å²) < 4.78 is 0. The van der Waals surface area contributed by atoms with Crippen LogP contribution in [0.3, 0.4) is 0 Å². The lowest BCUT2D eigenvalue weighted by atomic mass is 9.84. The molecule has 3 heteroatoms. The van der Waals surface area contributed by atoms with Crippen molar-refractivity contribution in [2.75, 3.05) is 6.61 Å². The van der Waals surface area contributed by atoms with Crippen molar-refractivity contribution in [3.05, 3.63) is 0 Å². The van der Waals surface area contributed by atoms with Gasteiger partial charge in [-0.1, -0.05) is 0 Å². The second-order valence-electron chi connectivity index (χ2n) is 3.31. The van der Waals surface area contributed by atoms with Crippen LogP contribution in [-0.4, -0.2) is 17.8 Å². The molecule has 0 rings (SSSR count). The molecular weight excluding hydrogens is 140 g/mol. The van der Waals surface area contributed by atoms with E-state index in [1.807, 2.05) is 13.8 Å². The van der Waals surface area contributed by atoms with Crippen molar-refractivity contribution in [2.24, 2.45) is 11.1 Å². The van der Waals surface area contributed by atoms with Crippen LogP contribution in [0.1, 0.15) is 26.7 Å². The minimum Gasteiger partial charge on any atom is -0.396 e. The highest BCUT2D eigenvalue weighted by Crippen LogP contribution is 2.20. The zero-order chi connectivity index (χ0) is 8.91. The van der Waals surface area contributed by atoms with E-state index in [9.17, 15) is 0 Å². The van der Waals surface area contributed by atoms with E-state index in [2.05, 4.69) is 6.07 Å². The number of nitrogens with zero attached hydrogens (tertiary/aromatic N) is 1. The average molecular weight is 156 g/mol. The molecule has 0 amide bonds. The Bertz CT molecular complexity index is 149. The Balaban J connectivity index is 3.83. The summed E-state index contributed by atoms with van der Waals surface area (Å²) in [6.45, 7) is 3.78. The number of aliphatic hydroxyl groups is 1. The van der Waals surface area contributed by atoms with Gasteiger partial charge in [0, 0.05) is 12.6 Å². The van der Waals surface area contributed by atoms with Crippen molar-refractivity contribution in [1.29, 1.82) is 5.26 Å². The molecule has 0 aliphatic rings. The third-order valence-electron chi connectivity index (χ3n) is 1.89. The molecule has 0 aromatic heterocycles. The van der Waals surface area contributed by atoms with Crippen LogP contribution in [0.2, 0.25) is 0 Å². The van der Waals surface area contributed by atoms with Gasteiger partial charge in [0.05, 0.1) is 11.5 Å². The molecule has 0 aliphatic heterocycles. The Morgan fingerprint density at radius 3 is 2.55 bits per heavy atom. The molecule has 0 radical (unpaired) electrons. The first-order valence-corrected chi connectivity index (χ1v) is 3.82. The summed E-state index contributed by atoms with van der Waals surface area (Å²) in [5, 5.41) is 17.2. The second-order valence-corrected chi connectivity index (χ2v) is 3.31. The minimum absolute atomic E-state index is 0.139. The van der Waals surface area contributed by atoms with E-state index >= 15 is 0 Å². The average Bonchev–Trinajstić information content (AvgIpc) is 2.00. The van der Waals surface area contributed by atoms with Gasteiger partial charge < -0.3 is 10.8 Å². The summed E-state index contributed by atoms with van der Waals surface area (Å²) in [4.78, 5) is 0. The van der Waals surface area contributed by atoms with E-state index in [0.717, 1.165) is 0 Å². The van der Waals surface area contributed by atoms with Crippen molar-refractivity contribution >= 4 is 0 Å². The number of nitriles is 1. The Morgan fingerprint density at radius 1 is 1.64 bits per heavy atom. The smallest absolute Gasteiger partial charge is 0.0700 e. The van der Waals surface area contributed by atoms with Gasteiger partial charge in [0.2, 0.25) is 0 Å². The second kappa shape index (κ2) is 4.32. The fraction of sp³-hybridized carbons (Fsp3) is 0.875. The number of hydrogen-bond donors (Lipinski definition) is 2. The van der Waals surface area contributed by atoms with Crippen molar-refractivity contribution in [1.82, 2.24) is 0 Å². The molecule has 0 aliphatic carbocycles. The monoisotopic (exact) mass is 156 g/mol. The van der Waals surface area contributed by atoms with E-state index in [0.29, 0.717) is 12.8 Å². The lowest BCUT2D eigenvalue weighted by Crippen LogP contribution is -2.36. The molecule has 3 N–H and O–H groups in total. The maximum absolute atomic E-state index is 8.67. The Labute approximate surface area is 67.8 Å². The Kier molecular flexibility index (Phi) is 4.09. The van der Waals surface area contributed by atoms with Gasteiger partial charge in [-0.3, -0.25) is 0 Å². The third kappa shape index (κ3) is 3.35. The minimum atomic E-state index is -0.477. The first kappa shape index (κ1) is 10.4. The Hall–Kier alpha value is -0.590. The summed E-state index contributed by atoms with van der Waals surface area (Å²) in [7, 11) is 0. The van der Waals surface area contributed by atoms with Gasteiger partial charge in [-0.2, -0.15) is 5.26 Å². The van der Waals surface area contributed by atoms with Crippen molar-refractivity contribution in [3.63, 3.8) is 0 Å². The number of aliphatic hydroxyl groups excluding tert-OH is 1. The quantitative estimate of drug-likeness (QED) is 0.627. The normalized spacial score (nSPS) is 14.1. The van der Waals surface area contributed by atoms with Gasteiger partial charge in [-0.15, -0.1) is 0 Å². The first-order chi connectivity index (χ1) is 5.04. The van der Waals surface area contributed by atoms with E-state index in [-0.39, 0.29) is 12.6 Å². The highest BCUT2D eigenvalue weighted by molar-refractivity contribution is 4.98. The standard InChI is InChI=1S/C8H16N2O/c1-8(2,6-9)7(10)4-3-5-11/h7,11H,3-5,10H2,1-2H3. The van der Waals surface area contributed by atoms with Crippen LogP contribution in [0.25, 0.3) is 0 Å². The Morgan fingerprint density at radius 2 is 2.18 bits per heavy atom. The summed E-state index contributed by atoms with van der Waals surface area (Å²) in [6, 6.07) is 2.00. The lowest BCUT2D eigenvalue weighted by Gasteiger charge is -2.23. The van der Waals surface area contributed by atoms with Crippen LogP contribution < -0.4 is 5.73 Å². The van der Waals surface area contributed by atoms with Crippen molar-refractivity contribution < 1.29 is 5.11 Å². The summed E-state index contributed by atoms with van der Waals surface area (Å²) in [5.74, 6) is 0. The molecule has 0 saturated heterocycles. The molecule has 11 heavy (non-hydrogen) atoms. The van der Waals surface area contributed by atoms with Gasteiger partial charge in [0.15, 0.2) is 0 Å². The SMILES string of the molecule is CC(C)(C#N)C(N)CCCO. The molecule has 0 aromatic rings. The van der Waals surface area contributed by atoms with E-state index in [1.165, 1.54) is 0 Å². The molecule has 0 heterocycles. The van der Waals surface area contributed by atoms with Crippen molar-refractivity contribution in [2.45, 2.75) is 32.7 Å². The molecular formula is C8H16N2O. The number of hydrogen-bond acceptors (Lipinski definition) is 3. The summed E-state index contributed by atoms with van der Waals surface area (Å²) in [5.41, 5.74) is 5.24. The van der Waals surface area contributed by atoms with E-state index in [1.54, 1.807) is 0 Å². The molecule has 0 fully saturated rings. The molecule has 64 valence electrons. The number of rotatable bonds is 4. The van der Waals surface area contributed by atoms with Gasteiger partial charge in [0.1, 0.15) is 0 Å². The maximum atomic E-state index is 8.67. The first-order valence-electron chi connectivity index (χ1n) is 3.82. The zero-order valence-electron chi connectivity index (χ0n) is 7.17. The predicted octanol–water partition coefficient (Wildman–Crippen LogP) is 0.636. The topological polar surface area (TPSA) is 70.0 Å². The summed E-state index contributed by atoms with van der Waals surface area (Å²) in [6.07, 6.45) is 1.38. The molecule has 0 saturated carbocycles. The van der Waals surface area contributed by atoms with Gasteiger partial charge in [0.25, 0.3) is 0 Å². The van der Waals surface area contributed by atoms with Crippen LogP contribution >= 0.6 is 0 Å². The molecule has 1 atom stereocenters. The third-order valence-corrected chi connectivity index (χ3v) is 1.89. The molecule has 0 bridgehead atoms. The maximum Gasteiger partial charge on any atom is 0.0700 e. The van der Waals surface area contributed by atoms with Crippen LogP contribution in [0.5, 0.6) is 0 Å². The van der Waals surface area contributed by atoms with Gasteiger partial charge >= 0.3 is 0 Å². The molecule has 1 unspecified atom stereocenters. The van der Waals surface area contributed by atoms with Crippen LogP contribution in [0.15, 0.2) is 0 Å². The van der Waals surface area contributed by atoms with Gasteiger partial charge in [-0.05, 0) is 26.7 Å². The molecule has 3 nitrogen and oxygen atoms in total.